The fourth-order valence-electron chi connectivity index (χ4n) is 2.21. The zero-order chi connectivity index (χ0) is 14.8. The number of esters is 1. The Hall–Kier alpha value is -1.08. The Morgan fingerprint density at radius 3 is 2.95 bits per heavy atom. The lowest BCUT2D eigenvalue weighted by molar-refractivity contribution is -0.143. The van der Waals surface area contributed by atoms with Crippen LogP contribution in [0.2, 0.25) is 0 Å². The van der Waals surface area contributed by atoms with Gasteiger partial charge in [-0.25, -0.2) is 0 Å². The van der Waals surface area contributed by atoms with E-state index >= 15 is 0 Å². The Bertz CT molecular complexity index is 552. The lowest BCUT2D eigenvalue weighted by Gasteiger charge is -2.32. The molecule has 1 aromatic carbocycles. The average Bonchev–Trinajstić information content (AvgIpc) is 2.37. The van der Waals surface area contributed by atoms with E-state index in [1.54, 1.807) is 6.08 Å². The smallest absolute Gasteiger partial charge is 0.308 e. The van der Waals surface area contributed by atoms with Crippen LogP contribution in [0.5, 0.6) is 5.75 Å². The molecule has 116 valence electrons. The number of hydrogen-bond donors (Lipinski definition) is 2. The molecule has 7 heteroatoms. The summed E-state index contributed by atoms with van der Waals surface area (Å²) in [6, 6.07) is 5.51. The predicted molar refractivity (Wildman–Crippen MR) is 84.3 cm³/mol. The predicted octanol–water partition coefficient (Wildman–Crippen LogP) is 2.25. The number of rotatable bonds is 4. The summed E-state index contributed by atoms with van der Waals surface area (Å²) in [5, 5.41) is 9.98. The summed E-state index contributed by atoms with van der Waals surface area (Å²) in [6.45, 7) is 0. The van der Waals surface area contributed by atoms with Gasteiger partial charge < -0.3 is 20.3 Å². The van der Waals surface area contributed by atoms with Crippen LogP contribution in [-0.4, -0.2) is 24.3 Å². The van der Waals surface area contributed by atoms with Crippen molar-refractivity contribution >= 4 is 34.3 Å². The Morgan fingerprint density at radius 2 is 2.29 bits per heavy atom. The molecule has 0 spiro atoms. The zero-order valence-electron chi connectivity index (χ0n) is 11.4. The third kappa shape index (κ3) is 4.20. The Morgan fingerprint density at radius 1 is 1.57 bits per heavy atom. The van der Waals surface area contributed by atoms with Crippen LogP contribution in [0.3, 0.4) is 0 Å². The SMILES string of the molecule is COC(=O)CC(O)C[C@]1(N)C=COc2cc(Br)ccc21.Cl. The van der Waals surface area contributed by atoms with E-state index in [-0.39, 0.29) is 25.2 Å². The van der Waals surface area contributed by atoms with Crippen LogP contribution in [0.4, 0.5) is 0 Å². The second-order valence-electron chi connectivity index (χ2n) is 4.74. The largest absolute Gasteiger partial charge is 0.469 e. The molecule has 1 heterocycles. The summed E-state index contributed by atoms with van der Waals surface area (Å²) < 4.78 is 10.8. The van der Waals surface area contributed by atoms with Gasteiger partial charge in [-0.2, -0.15) is 0 Å². The van der Waals surface area contributed by atoms with Crippen LogP contribution in [0, 0.1) is 0 Å². The highest BCUT2D eigenvalue weighted by Crippen LogP contribution is 2.38. The molecule has 3 N–H and O–H groups in total. The molecule has 1 aliphatic rings. The molecule has 0 fully saturated rings. The number of aliphatic hydroxyl groups is 1. The molecule has 21 heavy (non-hydrogen) atoms. The molecular formula is C14H17BrClNO4. The average molecular weight is 379 g/mol. The quantitative estimate of drug-likeness (QED) is 0.785. The van der Waals surface area contributed by atoms with Crippen LogP contribution >= 0.6 is 28.3 Å². The van der Waals surface area contributed by atoms with Crippen molar-refractivity contribution in [1.29, 1.82) is 0 Å². The first-order valence-electron chi connectivity index (χ1n) is 6.13. The van der Waals surface area contributed by atoms with Crippen molar-refractivity contribution in [2.75, 3.05) is 7.11 Å². The maximum Gasteiger partial charge on any atom is 0.308 e. The highest BCUT2D eigenvalue weighted by Gasteiger charge is 2.33. The highest BCUT2D eigenvalue weighted by molar-refractivity contribution is 9.10. The molecule has 0 bridgehead atoms. The van der Waals surface area contributed by atoms with E-state index < -0.39 is 17.6 Å². The maximum absolute atomic E-state index is 11.2. The molecule has 0 saturated heterocycles. The molecule has 2 atom stereocenters. The summed E-state index contributed by atoms with van der Waals surface area (Å²) in [6.07, 6.45) is 2.42. The van der Waals surface area contributed by atoms with Crippen LogP contribution < -0.4 is 10.5 Å². The van der Waals surface area contributed by atoms with Gasteiger partial charge >= 0.3 is 5.97 Å². The Labute approximate surface area is 137 Å². The monoisotopic (exact) mass is 377 g/mol. The van der Waals surface area contributed by atoms with Gasteiger partial charge in [0.05, 0.1) is 31.4 Å². The number of methoxy groups -OCH3 is 1. The summed E-state index contributed by atoms with van der Waals surface area (Å²) in [7, 11) is 1.29. The van der Waals surface area contributed by atoms with Crippen LogP contribution in [0.1, 0.15) is 18.4 Å². The van der Waals surface area contributed by atoms with Crippen LogP contribution in [0.25, 0.3) is 0 Å². The van der Waals surface area contributed by atoms with Crippen molar-refractivity contribution in [2.24, 2.45) is 5.73 Å². The Kier molecular flexibility index (Phi) is 6.22. The molecule has 5 nitrogen and oxygen atoms in total. The van der Waals surface area contributed by atoms with Gasteiger partial charge in [0.2, 0.25) is 0 Å². The van der Waals surface area contributed by atoms with Crippen molar-refractivity contribution in [3.05, 3.63) is 40.6 Å². The van der Waals surface area contributed by atoms with Gasteiger partial charge in [0.25, 0.3) is 0 Å². The molecule has 0 radical (unpaired) electrons. The number of aliphatic hydroxyl groups excluding tert-OH is 1. The Balaban J connectivity index is 0.00000220. The zero-order valence-corrected chi connectivity index (χ0v) is 13.8. The number of nitrogens with two attached hydrogens (primary N) is 1. The second-order valence-corrected chi connectivity index (χ2v) is 5.66. The summed E-state index contributed by atoms with van der Waals surface area (Å²) >= 11 is 3.37. The van der Waals surface area contributed by atoms with Gasteiger partial charge in [-0.3, -0.25) is 4.79 Å². The number of benzene rings is 1. The van der Waals surface area contributed by atoms with Gasteiger partial charge in [-0.15, -0.1) is 12.4 Å². The van der Waals surface area contributed by atoms with E-state index in [4.69, 9.17) is 10.5 Å². The van der Waals surface area contributed by atoms with Crippen LogP contribution in [0.15, 0.2) is 35.0 Å². The van der Waals surface area contributed by atoms with Gasteiger partial charge in [-0.1, -0.05) is 22.0 Å². The molecule has 0 aliphatic carbocycles. The third-order valence-electron chi connectivity index (χ3n) is 3.21. The molecule has 0 amide bonds. The minimum atomic E-state index is -0.883. The summed E-state index contributed by atoms with van der Waals surface area (Å²) in [5.74, 6) is 0.169. The van der Waals surface area contributed by atoms with E-state index in [0.29, 0.717) is 5.75 Å². The standard InChI is InChI=1S/C14H16BrNO4.ClH/c1-19-13(18)7-10(17)8-14(16)4-5-20-12-6-9(15)2-3-11(12)14;/h2-6,10,17H,7-8,16H2,1H3;1H/t10?,14-;/m1./s1. The molecular weight excluding hydrogens is 362 g/mol. The van der Waals surface area contributed by atoms with Gasteiger partial charge in [0, 0.05) is 10.0 Å². The van der Waals surface area contributed by atoms with Crippen molar-refractivity contribution in [3.63, 3.8) is 0 Å². The van der Waals surface area contributed by atoms with Gasteiger partial charge in [-0.05, 0) is 24.6 Å². The van der Waals surface area contributed by atoms with Crippen molar-refractivity contribution < 1.29 is 19.4 Å². The molecule has 2 rings (SSSR count). The van der Waals surface area contributed by atoms with E-state index in [0.717, 1.165) is 10.0 Å². The summed E-state index contributed by atoms with van der Waals surface area (Å²) in [5.41, 5.74) is 6.24. The lowest BCUT2D eigenvalue weighted by atomic mass is 9.83. The number of hydrogen-bond acceptors (Lipinski definition) is 5. The number of carbonyl (C=O) groups is 1. The number of carbonyl (C=O) groups excluding carboxylic acids is 1. The fraction of sp³-hybridized carbons (Fsp3) is 0.357. The molecule has 0 saturated carbocycles. The van der Waals surface area contributed by atoms with Gasteiger partial charge in [0.1, 0.15) is 5.75 Å². The van der Waals surface area contributed by atoms with E-state index in [1.807, 2.05) is 18.2 Å². The minimum absolute atomic E-state index is 0. The first-order chi connectivity index (χ1) is 9.44. The third-order valence-corrected chi connectivity index (χ3v) is 3.70. The van der Waals surface area contributed by atoms with Gasteiger partial charge in [0.15, 0.2) is 0 Å². The number of ether oxygens (including phenoxy) is 2. The number of fused-ring (bicyclic) bond motifs is 1. The number of halogens is 2. The first-order valence-corrected chi connectivity index (χ1v) is 6.92. The van der Waals surface area contributed by atoms with Crippen molar-refractivity contribution in [2.45, 2.75) is 24.5 Å². The van der Waals surface area contributed by atoms with Crippen molar-refractivity contribution in [3.8, 4) is 5.75 Å². The topological polar surface area (TPSA) is 81.8 Å². The molecule has 1 unspecified atom stereocenters. The van der Waals surface area contributed by atoms with E-state index in [1.165, 1.54) is 13.4 Å². The summed E-state index contributed by atoms with van der Waals surface area (Å²) in [4.78, 5) is 11.2. The minimum Gasteiger partial charge on any atom is -0.469 e. The first kappa shape index (κ1) is 18.0. The second kappa shape index (κ2) is 7.26. The van der Waals surface area contributed by atoms with Crippen LogP contribution in [-0.2, 0) is 15.1 Å². The highest BCUT2D eigenvalue weighted by atomic mass is 79.9. The van der Waals surface area contributed by atoms with E-state index in [2.05, 4.69) is 20.7 Å². The maximum atomic E-state index is 11.2. The lowest BCUT2D eigenvalue weighted by Crippen LogP contribution is -2.40. The van der Waals surface area contributed by atoms with Crippen molar-refractivity contribution in [1.82, 2.24) is 0 Å². The molecule has 0 aromatic heterocycles. The normalized spacial score (nSPS) is 20.8. The van der Waals surface area contributed by atoms with E-state index in [9.17, 15) is 9.90 Å². The molecule has 1 aromatic rings. The fourth-order valence-corrected chi connectivity index (χ4v) is 2.55. The molecule has 1 aliphatic heterocycles.